The Hall–Kier alpha value is -2.02. The van der Waals surface area contributed by atoms with Crippen LogP contribution in [-0.2, 0) is 6.42 Å². The van der Waals surface area contributed by atoms with E-state index >= 15 is 0 Å². The lowest BCUT2D eigenvalue weighted by molar-refractivity contribution is -0.0498. The topological polar surface area (TPSA) is 60.2 Å². The fraction of sp³-hybridized carbons (Fsp3) is 0.385. The number of nitrogens with one attached hydrogen (secondary N) is 1. The third kappa shape index (κ3) is 3.99. The number of rotatable bonds is 7. The van der Waals surface area contributed by atoms with E-state index < -0.39 is 6.61 Å². The van der Waals surface area contributed by atoms with Crippen LogP contribution in [0.25, 0.3) is 11.5 Å². The number of aromatic nitrogens is 2. The van der Waals surface area contributed by atoms with Gasteiger partial charge in [-0.3, -0.25) is 0 Å². The molecule has 1 aromatic heterocycles. The minimum Gasteiger partial charge on any atom is -0.435 e. The summed E-state index contributed by atoms with van der Waals surface area (Å²) in [7, 11) is 0. The molecule has 0 bridgehead atoms. The van der Waals surface area contributed by atoms with Crippen molar-refractivity contribution in [2.75, 3.05) is 13.1 Å². The normalized spacial score (nSPS) is 11.0. The van der Waals surface area contributed by atoms with Crippen LogP contribution in [0, 0.1) is 0 Å². The molecule has 0 aliphatic rings. The number of alkyl halides is 2. The Morgan fingerprint density at radius 3 is 2.95 bits per heavy atom. The third-order valence-electron chi connectivity index (χ3n) is 2.54. The summed E-state index contributed by atoms with van der Waals surface area (Å²) in [6.45, 7) is 0.762. The zero-order valence-corrected chi connectivity index (χ0v) is 11.0. The summed E-state index contributed by atoms with van der Waals surface area (Å²) >= 11 is 0. The molecule has 5 nitrogen and oxygen atoms in total. The SMILES string of the molecule is CCNCCc1nnc(-c2cccc(OC(F)F)c2)o1. The number of likely N-dealkylation sites (N-methyl/N-ethyl adjacent to an activating group) is 1. The van der Waals surface area contributed by atoms with Gasteiger partial charge < -0.3 is 14.5 Å². The largest absolute Gasteiger partial charge is 0.435 e. The molecule has 0 fully saturated rings. The molecular weight excluding hydrogens is 268 g/mol. The Kier molecular flexibility index (Phi) is 5.00. The maximum atomic E-state index is 12.2. The number of hydrogen-bond acceptors (Lipinski definition) is 5. The highest BCUT2D eigenvalue weighted by Gasteiger charge is 2.10. The van der Waals surface area contributed by atoms with E-state index in [9.17, 15) is 8.78 Å². The Morgan fingerprint density at radius 1 is 1.35 bits per heavy atom. The van der Waals surface area contributed by atoms with Gasteiger partial charge in [0.15, 0.2) is 0 Å². The molecule has 108 valence electrons. The van der Waals surface area contributed by atoms with E-state index in [0.717, 1.165) is 13.1 Å². The van der Waals surface area contributed by atoms with Crippen LogP contribution in [0.3, 0.4) is 0 Å². The van der Waals surface area contributed by atoms with Gasteiger partial charge in [0.05, 0.1) is 0 Å². The number of ether oxygens (including phenoxy) is 1. The molecule has 0 aliphatic heterocycles. The average molecular weight is 283 g/mol. The predicted molar refractivity (Wildman–Crippen MR) is 68.6 cm³/mol. The second-order valence-corrected chi connectivity index (χ2v) is 4.01. The Balaban J connectivity index is 2.07. The van der Waals surface area contributed by atoms with E-state index in [1.165, 1.54) is 12.1 Å². The fourth-order valence-corrected chi connectivity index (χ4v) is 1.65. The van der Waals surface area contributed by atoms with Crippen molar-refractivity contribution in [1.29, 1.82) is 0 Å². The zero-order chi connectivity index (χ0) is 14.4. The highest BCUT2D eigenvalue weighted by molar-refractivity contribution is 5.55. The molecule has 20 heavy (non-hydrogen) atoms. The van der Waals surface area contributed by atoms with Crippen LogP contribution < -0.4 is 10.1 Å². The van der Waals surface area contributed by atoms with Crippen molar-refractivity contribution in [3.63, 3.8) is 0 Å². The Labute approximate surface area is 115 Å². The highest BCUT2D eigenvalue weighted by Crippen LogP contribution is 2.23. The summed E-state index contributed by atoms with van der Waals surface area (Å²) in [5, 5.41) is 11.0. The Bertz CT molecular complexity index is 546. The van der Waals surface area contributed by atoms with Gasteiger partial charge in [-0.1, -0.05) is 13.0 Å². The maximum Gasteiger partial charge on any atom is 0.387 e. The standard InChI is InChI=1S/C13H15F2N3O2/c1-2-16-7-6-11-17-18-12(20-11)9-4-3-5-10(8-9)19-13(14)15/h3-5,8,13,16H,2,6-7H2,1H3. The Morgan fingerprint density at radius 2 is 2.20 bits per heavy atom. The van der Waals surface area contributed by atoms with E-state index in [4.69, 9.17) is 4.42 Å². The number of halogens is 2. The summed E-state index contributed by atoms with van der Waals surface area (Å²) in [6.07, 6.45) is 0.619. The molecule has 1 N–H and O–H groups in total. The first-order valence-corrected chi connectivity index (χ1v) is 6.27. The van der Waals surface area contributed by atoms with E-state index in [1.54, 1.807) is 12.1 Å². The molecule has 0 unspecified atom stereocenters. The van der Waals surface area contributed by atoms with Gasteiger partial charge in [-0.05, 0) is 24.7 Å². The molecule has 7 heteroatoms. The number of benzene rings is 1. The molecule has 1 aromatic carbocycles. The molecule has 0 spiro atoms. The van der Waals surface area contributed by atoms with Crippen LogP contribution in [0.1, 0.15) is 12.8 Å². The van der Waals surface area contributed by atoms with Gasteiger partial charge >= 0.3 is 6.61 Å². The van der Waals surface area contributed by atoms with E-state index in [2.05, 4.69) is 20.3 Å². The summed E-state index contributed by atoms with van der Waals surface area (Å²) in [5.41, 5.74) is 0.547. The minimum absolute atomic E-state index is 0.0601. The van der Waals surface area contributed by atoms with Crippen molar-refractivity contribution in [3.05, 3.63) is 30.2 Å². The summed E-state index contributed by atoms with van der Waals surface area (Å²) in [5.74, 6) is 0.849. The molecule has 0 atom stereocenters. The number of hydrogen-bond donors (Lipinski definition) is 1. The molecule has 0 aliphatic carbocycles. The monoisotopic (exact) mass is 283 g/mol. The quantitative estimate of drug-likeness (QED) is 0.791. The highest BCUT2D eigenvalue weighted by atomic mass is 19.3. The first-order chi connectivity index (χ1) is 9.69. The van der Waals surface area contributed by atoms with Gasteiger partial charge in [0.2, 0.25) is 11.8 Å². The van der Waals surface area contributed by atoms with Crippen molar-refractivity contribution in [1.82, 2.24) is 15.5 Å². The second kappa shape index (κ2) is 6.95. The van der Waals surface area contributed by atoms with Crippen LogP contribution in [0.4, 0.5) is 8.78 Å². The zero-order valence-electron chi connectivity index (χ0n) is 11.0. The molecule has 1 heterocycles. The van der Waals surface area contributed by atoms with Crippen molar-refractivity contribution < 1.29 is 17.9 Å². The van der Waals surface area contributed by atoms with E-state index in [-0.39, 0.29) is 11.6 Å². The molecule has 2 aromatic rings. The second-order valence-electron chi connectivity index (χ2n) is 4.01. The van der Waals surface area contributed by atoms with Gasteiger partial charge in [0.1, 0.15) is 5.75 Å². The van der Waals surface area contributed by atoms with Crippen LogP contribution in [0.5, 0.6) is 5.75 Å². The predicted octanol–water partition coefficient (Wildman–Crippen LogP) is 2.49. The molecule has 0 amide bonds. The molecule has 0 radical (unpaired) electrons. The van der Waals surface area contributed by atoms with E-state index in [0.29, 0.717) is 17.9 Å². The summed E-state index contributed by atoms with van der Waals surface area (Å²) in [6, 6.07) is 6.17. The molecule has 2 rings (SSSR count). The van der Waals surface area contributed by atoms with Crippen LogP contribution in [0.2, 0.25) is 0 Å². The maximum absolute atomic E-state index is 12.2. The van der Waals surface area contributed by atoms with Crippen molar-refractivity contribution in [2.45, 2.75) is 20.0 Å². The number of nitrogens with zero attached hydrogens (tertiary/aromatic N) is 2. The lowest BCUT2D eigenvalue weighted by atomic mass is 10.2. The van der Waals surface area contributed by atoms with Gasteiger partial charge in [0.25, 0.3) is 0 Å². The summed E-state index contributed by atoms with van der Waals surface area (Å²) in [4.78, 5) is 0. The lowest BCUT2D eigenvalue weighted by Gasteiger charge is -2.04. The first kappa shape index (κ1) is 14.4. The van der Waals surface area contributed by atoms with Crippen molar-refractivity contribution >= 4 is 0 Å². The third-order valence-corrected chi connectivity index (χ3v) is 2.54. The smallest absolute Gasteiger partial charge is 0.387 e. The minimum atomic E-state index is -2.86. The van der Waals surface area contributed by atoms with E-state index in [1.807, 2.05) is 6.92 Å². The van der Waals surface area contributed by atoms with Crippen LogP contribution in [-0.4, -0.2) is 29.9 Å². The van der Waals surface area contributed by atoms with Crippen molar-refractivity contribution in [2.24, 2.45) is 0 Å². The lowest BCUT2D eigenvalue weighted by Crippen LogP contribution is -2.16. The van der Waals surface area contributed by atoms with Crippen LogP contribution >= 0.6 is 0 Å². The average Bonchev–Trinajstić information content (AvgIpc) is 2.87. The summed E-state index contributed by atoms with van der Waals surface area (Å²) < 4.78 is 34.1. The molecule has 0 saturated heterocycles. The molecular formula is C13H15F2N3O2. The fourth-order valence-electron chi connectivity index (χ4n) is 1.65. The van der Waals surface area contributed by atoms with Gasteiger partial charge in [0, 0.05) is 18.5 Å². The van der Waals surface area contributed by atoms with Gasteiger partial charge in [-0.2, -0.15) is 8.78 Å². The van der Waals surface area contributed by atoms with Gasteiger partial charge in [-0.15, -0.1) is 10.2 Å². The van der Waals surface area contributed by atoms with Crippen LogP contribution in [0.15, 0.2) is 28.7 Å². The molecule has 0 saturated carbocycles. The first-order valence-electron chi connectivity index (χ1n) is 6.27. The van der Waals surface area contributed by atoms with Crippen molar-refractivity contribution in [3.8, 4) is 17.2 Å². The van der Waals surface area contributed by atoms with Gasteiger partial charge in [-0.25, -0.2) is 0 Å².